The number of primary amides is 1. The SMILES string of the molecule is NC(=O)c1ccc(N2CCN(c3ccccn3)CC2)c([N+](=O)[O-])c1. The molecule has 0 unspecified atom stereocenters. The molecule has 2 N–H and O–H groups in total. The summed E-state index contributed by atoms with van der Waals surface area (Å²) in [6.45, 7) is 2.69. The Hall–Kier alpha value is -3.16. The molecule has 0 atom stereocenters. The number of rotatable bonds is 4. The zero-order chi connectivity index (χ0) is 17.1. The second-order valence-corrected chi connectivity index (χ2v) is 5.49. The first-order chi connectivity index (χ1) is 11.6. The van der Waals surface area contributed by atoms with Gasteiger partial charge in [0.25, 0.3) is 5.69 Å². The molecule has 2 heterocycles. The van der Waals surface area contributed by atoms with E-state index in [1.807, 2.05) is 23.1 Å². The van der Waals surface area contributed by atoms with Crippen molar-refractivity contribution in [3.63, 3.8) is 0 Å². The van der Waals surface area contributed by atoms with Crippen LogP contribution in [0.2, 0.25) is 0 Å². The minimum atomic E-state index is -0.676. The average Bonchev–Trinajstić information content (AvgIpc) is 2.62. The van der Waals surface area contributed by atoms with E-state index in [1.165, 1.54) is 12.1 Å². The van der Waals surface area contributed by atoms with Gasteiger partial charge in [0.1, 0.15) is 11.5 Å². The van der Waals surface area contributed by atoms with Crippen molar-refractivity contribution in [3.8, 4) is 0 Å². The van der Waals surface area contributed by atoms with Crippen LogP contribution in [0, 0.1) is 10.1 Å². The first-order valence-electron chi connectivity index (χ1n) is 7.55. The lowest BCUT2D eigenvalue weighted by Crippen LogP contribution is -2.47. The lowest BCUT2D eigenvalue weighted by Gasteiger charge is -2.36. The lowest BCUT2D eigenvalue weighted by molar-refractivity contribution is -0.384. The number of nitro benzene ring substituents is 1. The van der Waals surface area contributed by atoms with Crippen molar-refractivity contribution < 1.29 is 9.72 Å². The molecule has 1 aliphatic heterocycles. The summed E-state index contributed by atoms with van der Waals surface area (Å²) in [6, 6.07) is 10.1. The standard InChI is InChI=1S/C16H17N5O3/c17-16(22)12-4-5-13(14(11-12)21(23)24)19-7-9-20(10-8-19)15-3-1-2-6-18-15/h1-6,11H,7-10H2,(H2,17,22). The predicted octanol–water partition coefficient (Wildman–Crippen LogP) is 1.42. The molecule has 1 saturated heterocycles. The molecule has 0 spiro atoms. The van der Waals surface area contributed by atoms with Gasteiger partial charge in [0.15, 0.2) is 0 Å². The van der Waals surface area contributed by atoms with Crippen LogP contribution in [0.4, 0.5) is 17.2 Å². The molecule has 1 fully saturated rings. The van der Waals surface area contributed by atoms with Gasteiger partial charge in [-0.05, 0) is 24.3 Å². The number of piperazine rings is 1. The van der Waals surface area contributed by atoms with Gasteiger partial charge in [0.2, 0.25) is 5.91 Å². The Kier molecular flexibility index (Phi) is 4.28. The summed E-state index contributed by atoms with van der Waals surface area (Å²) in [4.78, 5) is 30.5. The Morgan fingerprint density at radius 2 is 1.83 bits per heavy atom. The van der Waals surface area contributed by atoms with Crippen LogP contribution < -0.4 is 15.5 Å². The summed E-state index contributed by atoms with van der Waals surface area (Å²) in [5.74, 6) is 0.223. The molecule has 1 amide bonds. The smallest absolute Gasteiger partial charge is 0.293 e. The fraction of sp³-hybridized carbons (Fsp3) is 0.250. The van der Waals surface area contributed by atoms with Crippen LogP contribution in [0.25, 0.3) is 0 Å². The fourth-order valence-electron chi connectivity index (χ4n) is 2.81. The Morgan fingerprint density at radius 3 is 2.42 bits per heavy atom. The average molecular weight is 327 g/mol. The molecule has 124 valence electrons. The number of pyridine rings is 1. The first kappa shape index (κ1) is 15.7. The normalized spacial score (nSPS) is 14.5. The second kappa shape index (κ2) is 6.53. The molecule has 1 aliphatic rings. The highest BCUT2D eigenvalue weighted by atomic mass is 16.6. The first-order valence-corrected chi connectivity index (χ1v) is 7.55. The second-order valence-electron chi connectivity index (χ2n) is 5.49. The molecule has 0 radical (unpaired) electrons. The van der Waals surface area contributed by atoms with Gasteiger partial charge in [-0.1, -0.05) is 6.07 Å². The maximum Gasteiger partial charge on any atom is 0.293 e. The van der Waals surface area contributed by atoms with Crippen LogP contribution >= 0.6 is 0 Å². The molecule has 8 heteroatoms. The molecular weight excluding hydrogens is 310 g/mol. The number of anilines is 2. The molecule has 0 aliphatic carbocycles. The van der Waals surface area contributed by atoms with Crippen molar-refractivity contribution >= 4 is 23.1 Å². The topological polar surface area (TPSA) is 106 Å². The Balaban J connectivity index is 1.79. The van der Waals surface area contributed by atoms with Gasteiger partial charge in [-0.2, -0.15) is 0 Å². The van der Waals surface area contributed by atoms with Crippen molar-refractivity contribution in [1.82, 2.24) is 4.98 Å². The third-order valence-electron chi connectivity index (χ3n) is 4.05. The Bertz CT molecular complexity index is 758. The van der Waals surface area contributed by atoms with Crippen molar-refractivity contribution in [1.29, 1.82) is 0 Å². The van der Waals surface area contributed by atoms with E-state index in [9.17, 15) is 14.9 Å². The summed E-state index contributed by atoms with van der Waals surface area (Å²) in [5.41, 5.74) is 5.75. The number of carbonyl (C=O) groups is 1. The quantitative estimate of drug-likeness (QED) is 0.672. The number of carbonyl (C=O) groups excluding carboxylic acids is 1. The molecule has 24 heavy (non-hydrogen) atoms. The molecule has 0 bridgehead atoms. The highest BCUT2D eigenvalue weighted by Crippen LogP contribution is 2.30. The number of nitro groups is 1. The van der Waals surface area contributed by atoms with Crippen LogP contribution in [0.15, 0.2) is 42.6 Å². The minimum Gasteiger partial charge on any atom is -0.366 e. The van der Waals surface area contributed by atoms with Crippen LogP contribution in [0.3, 0.4) is 0 Å². The number of amides is 1. The number of hydrogen-bond acceptors (Lipinski definition) is 6. The van der Waals surface area contributed by atoms with E-state index in [2.05, 4.69) is 9.88 Å². The van der Waals surface area contributed by atoms with Crippen LogP contribution in [-0.2, 0) is 0 Å². The lowest BCUT2D eigenvalue weighted by atomic mass is 10.1. The molecular formula is C16H17N5O3. The van der Waals surface area contributed by atoms with Gasteiger partial charge in [-0.25, -0.2) is 4.98 Å². The van der Waals surface area contributed by atoms with Gasteiger partial charge in [0.05, 0.1) is 4.92 Å². The van der Waals surface area contributed by atoms with E-state index < -0.39 is 10.8 Å². The van der Waals surface area contributed by atoms with Crippen LogP contribution in [0.5, 0.6) is 0 Å². The molecule has 3 rings (SSSR count). The largest absolute Gasteiger partial charge is 0.366 e. The fourth-order valence-corrected chi connectivity index (χ4v) is 2.81. The summed E-state index contributed by atoms with van der Waals surface area (Å²) >= 11 is 0. The zero-order valence-electron chi connectivity index (χ0n) is 13.0. The third kappa shape index (κ3) is 3.12. The van der Waals surface area contributed by atoms with Crippen molar-refractivity contribution in [2.75, 3.05) is 36.0 Å². The van der Waals surface area contributed by atoms with E-state index in [0.717, 1.165) is 5.82 Å². The van der Waals surface area contributed by atoms with Crippen molar-refractivity contribution in [3.05, 3.63) is 58.3 Å². The number of aromatic nitrogens is 1. The summed E-state index contributed by atoms with van der Waals surface area (Å²) in [7, 11) is 0. The van der Waals surface area contributed by atoms with Crippen molar-refractivity contribution in [2.45, 2.75) is 0 Å². The van der Waals surface area contributed by atoms with E-state index in [-0.39, 0.29) is 11.3 Å². The molecule has 0 saturated carbocycles. The number of benzene rings is 1. The summed E-state index contributed by atoms with van der Waals surface area (Å²) in [6.07, 6.45) is 1.75. The maximum atomic E-state index is 11.3. The van der Waals surface area contributed by atoms with Gasteiger partial charge < -0.3 is 15.5 Å². The summed E-state index contributed by atoms with van der Waals surface area (Å²) in [5, 5.41) is 11.3. The highest BCUT2D eigenvalue weighted by molar-refractivity contribution is 5.94. The predicted molar refractivity (Wildman–Crippen MR) is 90.3 cm³/mol. The minimum absolute atomic E-state index is 0.0995. The molecule has 2 aromatic rings. The summed E-state index contributed by atoms with van der Waals surface area (Å²) < 4.78 is 0. The number of hydrogen-bond donors (Lipinski definition) is 1. The highest BCUT2D eigenvalue weighted by Gasteiger charge is 2.25. The van der Waals surface area contributed by atoms with E-state index in [1.54, 1.807) is 12.3 Å². The monoisotopic (exact) mass is 327 g/mol. The van der Waals surface area contributed by atoms with Crippen LogP contribution in [0.1, 0.15) is 10.4 Å². The van der Waals surface area contributed by atoms with Crippen molar-refractivity contribution in [2.24, 2.45) is 5.73 Å². The Morgan fingerprint density at radius 1 is 1.12 bits per heavy atom. The molecule has 1 aromatic heterocycles. The molecule has 1 aromatic carbocycles. The van der Waals surface area contributed by atoms with Gasteiger partial charge in [-0.3, -0.25) is 14.9 Å². The van der Waals surface area contributed by atoms with E-state index >= 15 is 0 Å². The zero-order valence-corrected chi connectivity index (χ0v) is 13.0. The maximum absolute atomic E-state index is 11.3. The number of nitrogens with two attached hydrogens (primary N) is 1. The van der Waals surface area contributed by atoms with E-state index in [4.69, 9.17) is 5.73 Å². The van der Waals surface area contributed by atoms with Gasteiger partial charge >= 0.3 is 0 Å². The van der Waals surface area contributed by atoms with Gasteiger partial charge in [-0.15, -0.1) is 0 Å². The number of nitrogens with zero attached hydrogens (tertiary/aromatic N) is 4. The Labute approximate surface area is 138 Å². The van der Waals surface area contributed by atoms with Gasteiger partial charge in [0, 0.05) is 44.0 Å². The molecule has 8 nitrogen and oxygen atoms in total. The van der Waals surface area contributed by atoms with E-state index in [0.29, 0.717) is 31.9 Å². The van der Waals surface area contributed by atoms with Crippen LogP contribution in [-0.4, -0.2) is 42.0 Å². The third-order valence-corrected chi connectivity index (χ3v) is 4.05.